The van der Waals surface area contributed by atoms with E-state index < -0.39 is 17.8 Å². The molecule has 3 amide bonds. The molecule has 1 aliphatic heterocycles. The van der Waals surface area contributed by atoms with Crippen LogP contribution in [-0.4, -0.2) is 29.6 Å². The number of amides is 3. The van der Waals surface area contributed by atoms with Crippen molar-refractivity contribution in [2.45, 2.75) is 38.5 Å². The summed E-state index contributed by atoms with van der Waals surface area (Å²) in [5.74, 6) is 4.05. The number of nitrogens with zero attached hydrogens (tertiary/aromatic N) is 1. The largest absolute Gasteiger partial charge is 0.481 e. The summed E-state index contributed by atoms with van der Waals surface area (Å²) in [6, 6.07) is 3.73. The van der Waals surface area contributed by atoms with Gasteiger partial charge in [0, 0.05) is 31.4 Å². The summed E-state index contributed by atoms with van der Waals surface area (Å²) in [6.45, 7) is 0.142. The first-order valence-corrected chi connectivity index (χ1v) is 8.09. The highest BCUT2D eigenvalue weighted by Crippen LogP contribution is 2.22. The minimum Gasteiger partial charge on any atom is -0.481 e. The Hall–Kier alpha value is -2.88. The van der Waals surface area contributed by atoms with Crippen molar-refractivity contribution >= 4 is 23.6 Å². The summed E-state index contributed by atoms with van der Waals surface area (Å²) >= 11 is 0. The number of carbonyl (C=O) groups is 3. The van der Waals surface area contributed by atoms with Gasteiger partial charge in [0.1, 0.15) is 5.82 Å². The van der Waals surface area contributed by atoms with E-state index in [-0.39, 0.29) is 31.0 Å². The highest BCUT2D eigenvalue weighted by atomic mass is 19.1. The number of halogens is 1. The molecule has 6 nitrogen and oxygen atoms in total. The van der Waals surface area contributed by atoms with Crippen LogP contribution in [0.1, 0.15) is 44.1 Å². The molecule has 132 valence electrons. The van der Waals surface area contributed by atoms with Crippen LogP contribution in [0.15, 0.2) is 18.2 Å². The topological polar surface area (TPSA) is 86.7 Å². The number of hydrogen-bond donors (Lipinski definition) is 2. The maximum Gasteiger partial charge on any atom is 0.328 e. The van der Waals surface area contributed by atoms with Crippen molar-refractivity contribution in [3.63, 3.8) is 0 Å². The molecule has 0 saturated carbocycles. The number of carbonyl (C=O) groups excluding carboxylic acids is 2. The maximum absolute atomic E-state index is 14.2. The number of nitrogens with one attached hydrogen (secondary N) is 1. The van der Waals surface area contributed by atoms with Gasteiger partial charge in [-0.25, -0.2) is 9.18 Å². The molecule has 1 saturated heterocycles. The number of rotatable bonds is 6. The molecule has 0 atom stereocenters. The first-order valence-electron chi connectivity index (χ1n) is 8.09. The van der Waals surface area contributed by atoms with Gasteiger partial charge < -0.3 is 5.11 Å². The molecule has 0 aliphatic carbocycles. The van der Waals surface area contributed by atoms with Gasteiger partial charge in [-0.2, -0.15) is 0 Å². The Morgan fingerprint density at radius 2 is 2.08 bits per heavy atom. The lowest BCUT2D eigenvalue weighted by atomic mass is 10.1. The van der Waals surface area contributed by atoms with Crippen LogP contribution >= 0.6 is 0 Å². The quantitative estimate of drug-likeness (QED) is 0.612. The third-order valence-corrected chi connectivity index (χ3v) is 3.72. The van der Waals surface area contributed by atoms with Gasteiger partial charge in [0.15, 0.2) is 0 Å². The summed E-state index contributed by atoms with van der Waals surface area (Å²) in [6.07, 6.45) is 3.12. The molecule has 25 heavy (non-hydrogen) atoms. The van der Waals surface area contributed by atoms with Crippen molar-refractivity contribution < 1.29 is 23.9 Å². The average molecular weight is 346 g/mol. The minimum absolute atomic E-state index is 0.115. The van der Waals surface area contributed by atoms with Crippen molar-refractivity contribution in [2.75, 3.05) is 11.4 Å². The summed E-state index contributed by atoms with van der Waals surface area (Å²) < 4.78 is 14.2. The molecule has 0 unspecified atom stereocenters. The predicted octanol–water partition coefficient (Wildman–Crippen LogP) is 2.66. The van der Waals surface area contributed by atoms with Gasteiger partial charge in [-0.15, -0.1) is 0 Å². The SMILES string of the molecule is O=C(O)CCCCCC#Cc1ccc(N2CCC(=O)NC2=O)c(F)c1. The van der Waals surface area contributed by atoms with E-state index in [1.54, 1.807) is 6.07 Å². The van der Waals surface area contributed by atoms with E-state index in [9.17, 15) is 18.8 Å². The van der Waals surface area contributed by atoms with Gasteiger partial charge in [-0.1, -0.05) is 18.3 Å². The molecular weight excluding hydrogens is 327 g/mol. The molecule has 0 bridgehead atoms. The smallest absolute Gasteiger partial charge is 0.328 e. The van der Waals surface area contributed by atoms with Crippen molar-refractivity contribution in [3.05, 3.63) is 29.6 Å². The number of aliphatic carboxylic acids is 1. The summed E-state index contributed by atoms with van der Waals surface area (Å²) in [7, 11) is 0. The van der Waals surface area contributed by atoms with Crippen molar-refractivity contribution in [1.29, 1.82) is 0 Å². The Labute approximate surface area is 145 Å². The fourth-order valence-corrected chi connectivity index (χ4v) is 2.43. The lowest BCUT2D eigenvalue weighted by Crippen LogP contribution is -2.49. The van der Waals surface area contributed by atoms with E-state index in [1.807, 2.05) is 0 Å². The normalized spacial score (nSPS) is 13.9. The molecule has 0 radical (unpaired) electrons. The molecular formula is C18H19FN2O4. The Morgan fingerprint density at radius 3 is 2.76 bits per heavy atom. The fraction of sp³-hybridized carbons (Fsp3) is 0.389. The van der Waals surface area contributed by atoms with E-state index in [4.69, 9.17) is 5.11 Å². The Morgan fingerprint density at radius 1 is 1.28 bits per heavy atom. The highest BCUT2D eigenvalue weighted by Gasteiger charge is 2.26. The van der Waals surface area contributed by atoms with Gasteiger partial charge in [0.2, 0.25) is 5.91 Å². The second-order valence-electron chi connectivity index (χ2n) is 5.68. The number of anilines is 1. The number of hydrogen-bond acceptors (Lipinski definition) is 3. The van der Waals surface area contributed by atoms with Gasteiger partial charge in [0.25, 0.3) is 0 Å². The van der Waals surface area contributed by atoms with Crippen LogP contribution in [0.25, 0.3) is 0 Å². The summed E-state index contributed by atoms with van der Waals surface area (Å²) in [5, 5.41) is 10.7. The van der Waals surface area contributed by atoms with E-state index in [2.05, 4.69) is 17.2 Å². The molecule has 1 heterocycles. The third-order valence-electron chi connectivity index (χ3n) is 3.72. The second kappa shape index (κ2) is 8.83. The maximum atomic E-state index is 14.2. The molecule has 1 aromatic carbocycles. The van der Waals surface area contributed by atoms with Crippen LogP contribution in [0.2, 0.25) is 0 Å². The molecule has 1 aromatic rings. The lowest BCUT2D eigenvalue weighted by Gasteiger charge is -2.26. The Balaban J connectivity index is 1.89. The van der Waals surface area contributed by atoms with Crippen LogP contribution in [0.3, 0.4) is 0 Å². The van der Waals surface area contributed by atoms with E-state index in [1.165, 1.54) is 17.0 Å². The first kappa shape index (κ1) is 18.5. The second-order valence-corrected chi connectivity index (χ2v) is 5.68. The van der Waals surface area contributed by atoms with E-state index in [0.29, 0.717) is 18.4 Å². The van der Waals surface area contributed by atoms with Gasteiger partial charge in [-0.3, -0.25) is 19.8 Å². The van der Waals surface area contributed by atoms with Crippen LogP contribution in [0.5, 0.6) is 0 Å². The standard InChI is InChI=1S/C18H19FN2O4/c19-14-12-13(6-4-2-1-3-5-7-17(23)24)8-9-15(14)21-11-10-16(22)20-18(21)25/h8-9,12H,1-3,5,7,10-11H2,(H,23,24)(H,20,22,25). The fourth-order valence-electron chi connectivity index (χ4n) is 2.43. The zero-order chi connectivity index (χ0) is 18.2. The monoisotopic (exact) mass is 346 g/mol. The van der Waals surface area contributed by atoms with Gasteiger partial charge >= 0.3 is 12.0 Å². The zero-order valence-corrected chi connectivity index (χ0v) is 13.7. The van der Waals surface area contributed by atoms with Gasteiger partial charge in [-0.05, 0) is 31.0 Å². The van der Waals surface area contributed by atoms with Crippen LogP contribution in [0, 0.1) is 17.7 Å². The van der Waals surface area contributed by atoms with Crippen molar-refractivity contribution in [3.8, 4) is 11.8 Å². The summed E-state index contributed by atoms with van der Waals surface area (Å²) in [5.41, 5.74) is 0.615. The average Bonchev–Trinajstić information content (AvgIpc) is 2.54. The van der Waals surface area contributed by atoms with Crippen LogP contribution in [0.4, 0.5) is 14.9 Å². The molecule has 1 aliphatic rings. The predicted molar refractivity (Wildman–Crippen MR) is 89.5 cm³/mol. The number of urea groups is 1. The Kier molecular flexibility index (Phi) is 6.52. The zero-order valence-electron chi connectivity index (χ0n) is 13.7. The molecule has 1 fully saturated rings. The number of carboxylic acid groups (broad SMARTS) is 1. The highest BCUT2D eigenvalue weighted by molar-refractivity contribution is 6.05. The first-order chi connectivity index (χ1) is 12.0. The molecule has 2 rings (SSSR count). The number of carboxylic acids is 1. The van der Waals surface area contributed by atoms with E-state index in [0.717, 1.165) is 12.8 Å². The molecule has 7 heteroatoms. The van der Waals surface area contributed by atoms with Crippen LogP contribution in [-0.2, 0) is 9.59 Å². The Bertz CT molecular complexity index is 736. The van der Waals surface area contributed by atoms with Gasteiger partial charge in [0.05, 0.1) is 5.69 Å². The van der Waals surface area contributed by atoms with Crippen LogP contribution < -0.4 is 10.2 Å². The molecule has 0 spiro atoms. The molecule has 0 aromatic heterocycles. The third kappa shape index (κ3) is 5.60. The molecule has 2 N–H and O–H groups in total. The lowest BCUT2D eigenvalue weighted by molar-refractivity contribution is -0.137. The minimum atomic E-state index is -0.798. The van der Waals surface area contributed by atoms with E-state index >= 15 is 0 Å². The number of imide groups is 1. The summed E-state index contributed by atoms with van der Waals surface area (Å²) in [4.78, 5) is 34.4. The number of benzene rings is 1. The number of unbranched alkanes of at least 4 members (excludes halogenated alkanes) is 3. The van der Waals surface area contributed by atoms with Crippen molar-refractivity contribution in [1.82, 2.24) is 5.32 Å². The van der Waals surface area contributed by atoms with Crippen molar-refractivity contribution in [2.24, 2.45) is 0 Å².